The lowest BCUT2D eigenvalue weighted by atomic mass is 9.96. The molecule has 112 valence electrons. The molecule has 1 aromatic heterocycles. The summed E-state index contributed by atoms with van der Waals surface area (Å²) >= 11 is 6.05. The van der Waals surface area contributed by atoms with E-state index in [1.165, 1.54) is 13.2 Å². The van der Waals surface area contributed by atoms with Crippen LogP contribution in [0.4, 0.5) is 0 Å². The Morgan fingerprint density at radius 2 is 2.24 bits per heavy atom. The van der Waals surface area contributed by atoms with E-state index in [4.69, 9.17) is 20.9 Å². The van der Waals surface area contributed by atoms with Gasteiger partial charge in [-0.3, -0.25) is 4.79 Å². The average molecular weight is 311 g/mol. The number of hydrogen-bond acceptors (Lipinski definition) is 5. The average Bonchev–Trinajstić information content (AvgIpc) is 2.94. The maximum Gasteiger partial charge on any atom is 0.290 e. The molecule has 0 bridgehead atoms. The minimum atomic E-state index is -1.31. The van der Waals surface area contributed by atoms with E-state index in [0.29, 0.717) is 10.6 Å². The lowest BCUT2D eigenvalue weighted by molar-refractivity contribution is 0.0517. The molecular weight excluding hydrogens is 296 g/mol. The molecule has 2 rings (SSSR count). The molecular formula is C14H15ClN2O4. The number of nitrogens with zero attached hydrogens (tertiary/aromatic N) is 1. The Morgan fingerprint density at radius 1 is 1.52 bits per heavy atom. The molecule has 0 saturated heterocycles. The molecule has 1 amide bonds. The first kappa shape index (κ1) is 15.3. The van der Waals surface area contributed by atoms with Crippen LogP contribution >= 0.6 is 11.6 Å². The van der Waals surface area contributed by atoms with Crippen LogP contribution in [0.1, 0.15) is 23.0 Å². The number of nitrogens with one attached hydrogen (secondary N) is 1. The number of aliphatic hydroxyl groups is 1. The van der Waals surface area contributed by atoms with Gasteiger partial charge in [0.2, 0.25) is 5.76 Å². The summed E-state index contributed by atoms with van der Waals surface area (Å²) in [5.74, 6) is -0.294. The van der Waals surface area contributed by atoms with Crippen molar-refractivity contribution in [3.05, 3.63) is 46.7 Å². The van der Waals surface area contributed by atoms with Gasteiger partial charge in [-0.25, -0.2) is 0 Å². The predicted molar refractivity (Wildman–Crippen MR) is 76.4 cm³/mol. The Bertz CT molecular complexity index is 639. The maximum absolute atomic E-state index is 11.9. The Kier molecular flexibility index (Phi) is 4.50. The number of benzene rings is 1. The Morgan fingerprint density at radius 3 is 2.86 bits per heavy atom. The summed E-state index contributed by atoms with van der Waals surface area (Å²) < 4.78 is 9.64. The number of amides is 1. The van der Waals surface area contributed by atoms with Crippen molar-refractivity contribution >= 4 is 17.5 Å². The van der Waals surface area contributed by atoms with Gasteiger partial charge in [-0.1, -0.05) is 29.8 Å². The molecule has 0 radical (unpaired) electrons. The van der Waals surface area contributed by atoms with Crippen LogP contribution in [0.25, 0.3) is 0 Å². The number of aromatic nitrogens is 1. The van der Waals surface area contributed by atoms with Crippen LogP contribution in [0.15, 0.2) is 34.9 Å². The molecule has 0 aliphatic carbocycles. The quantitative estimate of drug-likeness (QED) is 0.882. The van der Waals surface area contributed by atoms with Gasteiger partial charge in [0.15, 0.2) is 0 Å². The topological polar surface area (TPSA) is 84.6 Å². The molecule has 2 aromatic rings. The van der Waals surface area contributed by atoms with Crippen molar-refractivity contribution < 1.29 is 19.2 Å². The smallest absolute Gasteiger partial charge is 0.290 e. The van der Waals surface area contributed by atoms with Gasteiger partial charge < -0.3 is 19.7 Å². The summed E-state index contributed by atoms with van der Waals surface area (Å²) in [6, 6.07) is 8.26. The summed E-state index contributed by atoms with van der Waals surface area (Å²) in [7, 11) is 1.42. The summed E-state index contributed by atoms with van der Waals surface area (Å²) in [5, 5.41) is 17.0. The molecule has 21 heavy (non-hydrogen) atoms. The van der Waals surface area contributed by atoms with Crippen molar-refractivity contribution in [1.82, 2.24) is 10.5 Å². The van der Waals surface area contributed by atoms with Gasteiger partial charge in [-0.15, -0.1) is 0 Å². The summed E-state index contributed by atoms with van der Waals surface area (Å²) in [5.41, 5.74) is -0.778. The molecule has 1 atom stereocenters. The monoisotopic (exact) mass is 310 g/mol. The van der Waals surface area contributed by atoms with Gasteiger partial charge in [0.25, 0.3) is 11.8 Å². The molecule has 1 unspecified atom stereocenters. The van der Waals surface area contributed by atoms with Crippen molar-refractivity contribution in [2.45, 2.75) is 12.5 Å². The second-order valence-corrected chi connectivity index (χ2v) is 5.08. The molecule has 0 aliphatic rings. The lowest BCUT2D eigenvalue weighted by Crippen LogP contribution is -2.38. The van der Waals surface area contributed by atoms with Gasteiger partial charge in [0, 0.05) is 10.6 Å². The van der Waals surface area contributed by atoms with E-state index in [1.54, 1.807) is 31.2 Å². The van der Waals surface area contributed by atoms with Crippen LogP contribution < -0.4 is 10.1 Å². The highest BCUT2D eigenvalue weighted by Crippen LogP contribution is 2.27. The fourth-order valence-electron chi connectivity index (χ4n) is 1.79. The minimum absolute atomic E-state index is 0.00167. The molecule has 1 heterocycles. The van der Waals surface area contributed by atoms with Gasteiger partial charge in [0.05, 0.1) is 19.7 Å². The van der Waals surface area contributed by atoms with Crippen LogP contribution in [-0.4, -0.2) is 29.8 Å². The highest BCUT2D eigenvalue weighted by atomic mass is 35.5. The lowest BCUT2D eigenvalue weighted by Gasteiger charge is -2.24. The Labute approximate surface area is 126 Å². The molecule has 7 heteroatoms. The molecule has 6 nitrogen and oxygen atoms in total. The van der Waals surface area contributed by atoms with E-state index in [-0.39, 0.29) is 18.2 Å². The number of halogens is 1. The normalized spacial score (nSPS) is 13.5. The van der Waals surface area contributed by atoms with Crippen molar-refractivity contribution in [2.24, 2.45) is 0 Å². The molecule has 1 aromatic carbocycles. The largest absolute Gasteiger partial charge is 0.479 e. The minimum Gasteiger partial charge on any atom is -0.479 e. The van der Waals surface area contributed by atoms with Crippen LogP contribution in [0.2, 0.25) is 5.02 Å². The third kappa shape index (κ3) is 3.53. The van der Waals surface area contributed by atoms with Gasteiger partial charge >= 0.3 is 0 Å². The van der Waals surface area contributed by atoms with E-state index in [0.717, 1.165) is 0 Å². The van der Waals surface area contributed by atoms with Crippen LogP contribution in [0, 0.1) is 0 Å². The van der Waals surface area contributed by atoms with Gasteiger partial charge in [0.1, 0.15) is 5.60 Å². The molecule has 0 aliphatic heterocycles. The van der Waals surface area contributed by atoms with Crippen LogP contribution in [0.5, 0.6) is 5.88 Å². The number of hydrogen-bond donors (Lipinski definition) is 2. The fraction of sp³-hybridized carbons (Fsp3) is 0.286. The first-order valence-electron chi connectivity index (χ1n) is 6.20. The standard InChI is InChI=1S/C14H15ClN2O4/c1-14(19,9-5-3-4-6-10(9)15)8-16-13(18)11-7-12(20-2)17-21-11/h3-7,19H,8H2,1-2H3,(H,16,18). The fourth-order valence-corrected chi connectivity index (χ4v) is 2.13. The number of carbonyl (C=O) groups is 1. The maximum atomic E-state index is 11.9. The van der Waals surface area contributed by atoms with Crippen molar-refractivity contribution in [2.75, 3.05) is 13.7 Å². The van der Waals surface area contributed by atoms with Crippen molar-refractivity contribution in [1.29, 1.82) is 0 Å². The molecule has 2 N–H and O–H groups in total. The SMILES string of the molecule is COc1cc(C(=O)NCC(C)(O)c2ccccc2Cl)on1. The first-order valence-corrected chi connectivity index (χ1v) is 6.58. The number of ether oxygens (including phenoxy) is 1. The van der Waals surface area contributed by atoms with Gasteiger partial charge in [-0.2, -0.15) is 0 Å². The van der Waals surface area contributed by atoms with E-state index >= 15 is 0 Å². The van der Waals surface area contributed by atoms with Crippen LogP contribution in [0.3, 0.4) is 0 Å². The van der Waals surface area contributed by atoms with Gasteiger partial charge in [-0.05, 0) is 18.1 Å². The third-order valence-corrected chi connectivity index (χ3v) is 3.30. The summed E-state index contributed by atoms with van der Waals surface area (Å²) in [6.07, 6.45) is 0. The summed E-state index contributed by atoms with van der Waals surface area (Å²) in [6.45, 7) is 1.54. The highest BCUT2D eigenvalue weighted by molar-refractivity contribution is 6.31. The molecule has 0 spiro atoms. The highest BCUT2D eigenvalue weighted by Gasteiger charge is 2.27. The predicted octanol–water partition coefficient (Wildman–Crippen LogP) is 1.97. The van der Waals surface area contributed by atoms with Crippen molar-refractivity contribution in [3.8, 4) is 5.88 Å². The third-order valence-electron chi connectivity index (χ3n) is 2.97. The molecule has 0 fully saturated rings. The second-order valence-electron chi connectivity index (χ2n) is 4.67. The Balaban J connectivity index is 2.04. The second kappa shape index (κ2) is 6.15. The van der Waals surface area contributed by atoms with E-state index in [1.807, 2.05) is 0 Å². The van der Waals surface area contributed by atoms with Crippen molar-refractivity contribution in [3.63, 3.8) is 0 Å². The zero-order valence-corrected chi connectivity index (χ0v) is 12.3. The first-order chi connectivity index (χ1) is 9.94. The Hall–Kier alpha value is -2.05. The number of rotatable bonds is 5. The number of methoxy groups -OCH3 is 1. The van der Waals surface area contributed by atoms with E-state index < -0.39 is 11.5 Å². The zero-order chi connectivity index (χ0) is 15.5. The van der Waals surface area contributed by atoms with E-state index in [9.17, 15) is 9.90 Å². The number of carbonyl (C=O) groups excluding carboxylic acids is 1. The van der Waals surface area contributed by atoms with Crippen LogP contribution in [-0.2, 0) is 5.60 Å². The van der Waals surface area contributed by atoms with E-state index in [2.05, 4.69) is 10.5 Å². The zero-order valence-electron chi connectivity index (χ0n) is 11.6. The summed E-state index contributed by atoms with van der Waals surface area (Å²) in [4.78, 5) is 11.9. The molecule has 0 saturated carbocycles.